The first-order valence-corrected chi connectivity index (χ1v) is 11.4. The van der Waals surface area contributed by atoms with Crippen LogP contribution in [0.1, 0.15) is 24.0 Å². The van der Waals surface area contributed by atoms with Gasteiger partial charge in [0.25, 0.3) is 0 Å². The molecule has 1 fully saturated rings. The number of benzene rings is 2. The van der Waals surface area contributed by atoms with Gasteiger partial charge in [0.1, 0.15) is 23.3 Å². The summed E-state index contributed by atoms with van der Waals surface area (Å²) in [6.45, 7) is 0. The molecule has 2 aromatic carbocycles. The average Bonchev–Trinajstić information content (AvgIpc) is 3.28. The van der Waals surface area contributed by atoms with Crippen molar-refractivity contribution in [2.45, 2.75) is 18.4 Å². The Balaban J connectivity index is 1.55. The first-order valence-electron chi connectivity index (χ1n) is 10.8. The van der Waals surface area contributed by atoms with Gasteiger partial charge in [-0.05, 0) is 42.4 Å². The van der Waals surface area contributed by atoms with Crippen molar-refractivity contribution in [1.82, 2.24) is 19.1 Å². The lowest BCUT2D eigenvalue weighted by Crippen LogP contribution is -2.27. The molecule has 1 unspecified atom stereocenters. The van der Waals surface area contributed by atoms with E-state index in [-0.39, 0.29) is 0 Å². The minimum absolute atomic E-state index is 0.358. The van der Waals surface area contributed by atoms with Gasteiger partial charge in [-0.15, -0.1) is 9.24 Å². The molecular weight excluding hydrogens is 448 g/mol. The van der Waals surface area contributed by atoms with Gasteiger partial charge in [0.2, 0.25) is 5.95 Å². The maximum Gasteiger partial charge on any atom is 0.211 e. The average molecular weight is 471 g/mol. The van der Waals surface area contributed by atoms with Crippen LogP contribution in [0.3, 0.4) is 0 Å². The Morgan fingerprint density at radius 3 is 2.50 bits per heavy atom. The molecule has 1 aliphatic rings. The molecule has 5 rings (SSSR count). The highest BCUT2D eigenvalue weighted by molar-refractivity contribution is 7.28. The second-order valence-corrected chi connectivity index (χ2v) is 9.12. The third kappa shape index (κ3) is 3.91. The van der Waals surface area contributed by atoms with Gasteiger partial charge in [-0.3, -0.25) is 4.57 Å². The molecule has 0 amide bonds. The zero-order valence-electron chi connectivity index (χ0n) is 18.9. The number of rotatable bonds is 5. The highest BCUT2D eigenvalue weighted by Gasteiger charge is 2.48. The van der Waals surface area contributed by atoms with Crippen LogP contribution in [-0.4, -0.2) is 32.4 Å². The standard InChI is InChI=1S/C26H23FN5OP/c1-30-15-21(29-17-30)22-14-28-25(32(22)26(16-33)10-11-26)31(2)24-20(27)12-19(13-23(24)34)9-8-18-6-4-3-5-7-18/h3-7,12-17H,10-11,34H2,1-2H3. The second-order valence-electron chi connectivity index (χ2n) is 8.50. The van der Waals surface area contributed by atoms with Crippen LogP contribution in [0, 0.1) is 17.7 Å². The molecule has 1 atom stereocenters. The zero-order chi connectivity index (χ0) is 23.9. The normalized spacial score (nSPS) is 13.8. The van der Waals surface area contributed by atoms with Gasteiger partial charge in [0, 0.05) is 31.4 Å². The van der Waals surface area contributed by atoms with Crippen molar-refractivity contribution in [2.24, 2.45) is 7.05 Å². The van der Waals surface area contributed by atoms with Crippen LogP contribution in [-0.2, 0) is 17.4 Å². The lowest BCUT2D eigenvalue weighted by atomic mass is 10.1. The monoisotopic (exact) mass is 471 g/mol. The van der Waals surface area contributed by atoms with Crippen LogP contribution in [0.25, 0.3) is 11.4 Å². The largest absolute Gasteiger partial charge is 0.340 e. The Hall–Kier alpha value is -3.75. The highest BCUT2D eigenvalue weighted by atomic mass is 31.0. The Morgan fingerprint density at radius 1 is 1.15 bits per heavy atom. The third-order valence-electron chi connectivity index (χ3n) is 5.99. The van der Waals surface area contributed by atoms with Gasteiger partial charge in [0.15, 0.2) is 0 Å². The Kier molecular flexibility index (Phi) is 5.55. The van der Waals surface area contributed by atoms with Gasteiger partial charge in [0.05, 0.1) is 23.9 Å². The fraction of sp³-hybridized carbons (Fsp3) is 0.192. The van der Waals surface area contributed by atoms with Crippen molar-refractivity contribution < 1.29 is 9.18 Å². The van der Waals surface area contributed by atoms with Gasteiger partial charge in [-0.25, -0.2) is 14.4 Å². The molecular formula is C26H23FN5OP. The van der Waals surface area contributed by atoms with E-state index in [1.165, 1.54) is 6.07 Å². The molecule has 2 aromatic heterocycles. The topological polar surface area (TPSA) is 56.0 Å². The number of aldehydes is 1. The van der Waals surface area contributed by atoms with Gasteiger partial charge < -0.3 is 14.3 Å². The summed E-state index contributed by atoms with van der Waals surface area (Å²) in [6, 6.07) is 12.8. The lowest BCUT2D eigenvalue weighted by Gasteiger charge is -2.25. The van der Waals surface area contributed by atoms with Crippen molar-refractivity contribution in [2.75, 3.05) is 11.9 Å². The van der Waals surface area contributed by atoms with Crippen LogP contribution < -0.4 is 10.2 Å². The minimum Gasteiger partial charge on any atom is -0.340 e. The molecule has 8 heteroatoms. The molecule has 2 heterocycles. The van der Waals surface area contributed by atoms with E-state index in [0.717, 1.165) is 17.5 Å². The molecule has 4 aromatic rings. The maximum atomic E-state index is 15.4. The van der Waals surface area contributed by atoms with E-state index in [4.69, 9.17) is 0 Å². The first kappa shape index (κ1) is 22.1. The molecule has 1 aliphatic carbocycles. The Bertz CT molecular complexity index is 1420. The number of aryl methyl sites for hydroxylation is 1. The molecule has 0 aliphatic heterocycles. The SMILES string of the molecule is CN(c1c(F)cc(C#Cc2ccccc2)cc1P)c1ncc(-c2cn(C)cn2)n1C1(C=O)CC1. The summed E-state index contributed by atoms with van der Waals surface area (Å²) in [5, 5.41) is 0.643. The summed E-state index contributed by atoms with van der Waals surface area (Å²) in [7, 11) is 6.23. The summed E-state index contributed by atoms with van der Waals surface area (Å²) >= 11 is 0. The third-order valence-corrected chi connectivity index (χ3v) is 6.43. The molecule has 0 spiro atoms. The van der Waals surface area contributed by atoms with Crippen LogP contribution in [0.2, 0.25) is 0 Å². The predicted molar refractivity (Wildman–Crippen MR) is 134 cm³/mol. The molecule has 34 heavy (non-hydrogen) atoms. The number of hydrogen-bond donors (Lipinski definition) is 0. The number of aromatic nitrogens is 4. The maximum absolute atomic E-state index is 15.4. The van der Waals surface area contributed by atoms with Crippen molar-refractivity contribution >= 4 is 32.5 Å². The quantitative estimate of drug-likeness (QED) is 0.253. The van der Waals surface area contributed by atoms with E-state index in [1.807, 2.05) is 58.8 Å². The zero-order valence-corrected chi connectivity index (χ0v) is 20.0. The fourth-order valence-electron chi connectivity index (χ4n) is 4.08. The van der Waals surface area contributed by atoms with E-state index in [2.05, 4.69) is 31.0 Å². The lowest BCUT2D eigenvalue weighted by molar-refractivity contribution is -0.111. The van der Waals surface area contributed by atoms with Crippen molar-refractivity contribution in [3.05, 3.63) is 78.1 Å². The van der Waals surface area contributed by atoms with E-state index < -0.39 is 11.4 Å². The Morgan fingerprint density at radius 2 is 1.88 bits per heavy atom. The first-order chi connectivity index (χ1) is 16.4. The summed E-state index contributed by atoms with van der Waals surface area (Å²) in [5.74, 6) is 6.16. The van der Waals surface area contributed by atoms with Gasteiger partial charge in [-0.2, -0.15) is 0 Å². The predicted octanol–water partition coefficient (Wildman–Crippen LogP) is 3.78. The summed E-state index contributed by atoms with van der Waals surface area (Å²) in [6.07, 6.45) is 7.64. The van der Waals surface area contributed by atoms with Crippen molar-refractivity contribution in [3.8, 4) is 23.2 Å². The highest BCUT2D eigenvalue weighted by Crippen LogP contribution is 2.47. The van der Waals surface area contributed by atoms with Crippen molar-refractivity contribution in [3.63, 3.8) is 0 Å². The number of nitrogens with zero attached hydrogens (tertiary/aromatic N) is 5. The number of halogens is 1. The number of carbonyl (C=O) groups excluding carboxylic acids is 1. The summed E-state index contributed by atoms with van der Waals surface area (Å²) < 4.78 is 19.1. The molecule has 0 bridgehead atoms. The van der Waals surface area contributed by atoms with Gasteiger partial charge >= 0.3 is 0 Å². The number of carbonyl (C=O) groups is 1. The second kappa shape index (κ2) is 8.55. The molecule has 170 valence electrons. The number of imidazole rings is 2. The van der Waals surface area contributed by atoms with E-state index in [1.54, 1.807) is 24.5 Å². The number of hydrogen-bond acceptors (Lipinski definition) is 4. The minimum atomic E-state index is -0.689. The molecule has 6 nitrogen and oxygen atoms in total. The fourth-order valence-corrected chi connectivity index (χ4v) is 4.59. The molecule has 1 saturated carbocycles. The van der Waals surface area contributed by atoms with Crippen molar-refractivity contribution in [1.29, 1.82) is 0 Å². The van der Waals surface area contributed by atoms with Crippen LogP contribution in [0.4, 0.5) is 16.0 Å². The van der Waals surface area contributed by atoms with E-state index >= 15 is 4.39 Å². The molecule has 0 radical (unpaired) electrons. The van der Waals surface area contributed by atoms with Gasteiger partial charge in [-0.1, -0.05) is 30.0 Å². The molecule has 0 saturated heterocycles. The van der Waals surface area contributed by atoms with Crippen LogP contribution in [0.15, 0.2) is 61.2 Å². The van der Waals surface area contributed by atoms with E-state index in [9.17, 15) is 4.79 Å². The smallest absolute Gasteiger partial charge is 0.211 e. The summed E-state index contributed by atoms with van der Waals surface area (Å²) in [4.78, 5) is 22.8. The molecule has 0 N–H and O–H groups in total. The number of anilines is 2. The van der Waals surface area contributed by atoms with E-state index in [0.29, 0.717) is 41.0 Å². The Labute approximate surface area is 199 Å². The van der Waals surface area contributed by atoms with Crippen LogP contribution >= 0.6 is 9.24 Å². The van der Waals surface area contributed by atoms with Crippen LogP contribution in [0.5, 0.6) is 0 Å². The summed E-state index contributed by atoms with van der Waals surface area (Å²) in [5.41, 5.74) is 2.54.